The summed E-state index contributed by atoms with van der Waals surface area (Å²) in [6.45, 7) is 2.74. The van der Waals surface area contributed by atoms with E-state index < -0.39 is 4.92 Å². The van der Waals surface area contributed by atoms with Crippen molar-refractivity contribution in [2.24, 2.45) is 5.92 Å². The van der Waals surface area contributed by atoms with Gasteiger partial charge in [0.05, 0.1) is 4.92 Å². The maximum Gasteiger partial charge on any atom is 0.311 e. The van der Waals surface area contributed by atoms with E-state index in [2.05, 4.69) is 15.6 Å². The highest BCUT2D eigenvalue weighted by Gasteiger charge is 2.29. The summed E-state index contributed by atoms with van der Waals surface area (Å²) in [7, 11) is 0. The largest absolute Gasteiger partial charge is 0.396 e. The first kappa shape index (κ1) is 14.5. The molecule has 0 spiro atoms. The SMILES string of the molecule is CCNc1ccc([N+](=O)[O-])c(NC2CCCC2CO)n1. The Morgan fingerprint density at radius 1 is 1.50 bits per heavy atom. The number of aliphatic hydroxyl groups is 1. The van der Waals surface area contributed by atoms with Crippen molar-refractivity contribution in [3.63, 3.8) is 0 Å². The zero-order valence-corrected chi connectivity index (χ0v) is 11.5. The monoisotopic (exact) mass is 280 g/mol. The summed E-state index contributed by atoms with van der Waals surface area (Å²) in [5.74, 6) is 1.03. The molecule has 1 saturated carbocycles. The smallest absolute Gasteiger partial charge is 0.311 e. The maximum absolute atomic E-state index is 11.1. The summed E-state index contributed by atoms with van der Waals surface area (Å²) in [5, 5.41) is 26.6. The molecular weight excluding hydrogens is 260 g/mol. The Balaban J connectivity index is 2.23. The van der Waals surface area contributed by atoms with Crippen LogP contribution in [0.4, 0.5) is 17.3 Å². The van der Waals surface area contributed by atoms with Gasteiger partial charge in [0, 0.05) is 31.2 Å². The molecule has 1 aromatic rings. The van der Waals surface area contributed by atoms with E-state index in [-0.39, 0.29) is 30.1 Å². The molecule has 3 N–H and O–H groups in total. The normalized spacial score (nSPS) is 21.7. The number of aliphatic hydroxyl groups excluding tert-OH is 1. The Morgan fingerprint density at radius 3 is 2.95 bits per heavy atom. The number of nitrogens with zero attached hydrogens (tertiary/aromatic N) is 2. The molecule has 1 heterocycles. The molecule has 2 unspecified atom stereocenters. The molecule has 110 valence electrons. The van der Waals surface area contributed by atoms with Gasteiger partial charge in [-0.2, -0.15) is 0 Å². The summed E-state index contributed by atoms with van der Waals surface area (Å²) >= 11 is 0. The van der Waals surface area contributed by atoms with Gasteiger partial charge >= 0.3 is 5.69 Å². The van der Waals surface area contributed by atoms with E-state index in [1.807, 2.05) is 6.92 Å². The van der Waals surface area contributed by atoms with Gasteiger partial charge in [0.15, 0.2) is 0 Å². The molecule has 0 radical (unpaired) electrons. The van der Waals surface area contributed by atoms with Gasteiger partial charge in [-0.25, -0.2) is 4.98 Å². The number of nitrogens with one attached hydrogen (secondary N) is 2. The minimum Gasteiger partial charge on any atom is -0.396 e. The number of anilines is 2. The molecule has 2 rings (SSSR count). The van der Waals surface area contributed by atoms with Gasteiger partial charge in [0.2, 0.25) is 5.82 Å². The van der Waals surface area contributed by atoms with E-state index >= 15 is 0 Å². The molecule has 20 heavy (non-hydrogen) atoms. The number of hydrogen-bond donors (Lipinski definition) is 3. The highest BCUT2D eigenvalue weighted by Crippen LogP contribution is 2.31. The van der Waals surface area contributed by atoms with Crippen LogP contribution in [0, 0.1) is 16.0 Å². The molecule has 0 amide bonds. The van der Waals surface area contributed by atoms with Crippen LogP contribution in [0.25, 0.3) is 0 Å². The van der Waals surface area contributed by atoms with Gasteiger partial charge in [-0.15, -0.1) is 0 Å². The molecule has 0 aromatic carbocycles. The molecule has 7 nitrogen and oxygen atoms in total. The molecule has 1 aromatic heterocycles. The highest BCUT2D eigenvalue weighted by atomic mass is 16.6. The van der Waals surface area contributed by atoms with Crippen molar-refractivity contribution in [2.75, 3.05) is 23.8 Å². The summed E-state index contributed by atoms with van der Waals surface area (Å²) in [5.41, 5.74) is -0.0322. The Bertz CT molecular complexity index is 481. The van der Waals surface area contributed by atoms with E-state index in [1.165, 1.54) is 6.07 Å². The minimum atomic E-state index is -0.437. The number of rotatable bonds is 6. The fourth-order valence-electron chi connectivity index (χ4n) is 2.61. The van der Waals surface area contributed by atoms with E-state index in [4.69, 9.17) is 0 Å². The molecule has 0 aliphatic heterocycles. The van der Waals surface area contributed by atoms with Gasteiger partial charge in [-0.1, -0.05) is 6.42 Å². The van der Waals surface area contributed by atoms with Crippen molar-refractivity contribution in [1.82, 2.24) is 4.98 Å². The molecule has 1 aliphatic rings. The van der Waals surface area contributed by atoms with Gasteiger partial charge in [-0.05, 0) is 25.8 Å². The van der Waals surface area contributed by atoms with Crippen molar-refractivity contribution in [3.8, 4) is 0 Å². The molecular formula is C13H20N4O3. The van der Waals surface area contributed by atoms with Crippen LogP contribution in [0.5, 0.6) is 0 Å². The molecule has 0 saturated heterocycles. The Kier molecular flexibility index (Phi) is 4.73. The third kappa shape index (κ3) is 3.16. The topological polar surface area (TPSA) is 100 Å². The number of nitro groups is 1. The molecule has 1 fully saturated rings. The fourth-order valence-corrected chi connectivity index (χ4v) is 2.61. The van der Waals surface area contributed by atoms with Crippen LogP contribution in [-0.2, 0) is 0 Å². The van der Waals surface area contributed by atoms with Crippen LogP contribution < -0.4 is 10.6 Å². The van der Waals surface area contributed by atoms with E-state index in [0.29, 0.717) is 12.4 Å². The zero-order chi connectivity index (χ0) is 14.5. The zero-order valence-electron chi connectivity index (χ0n) is 11.5. The van der Waals surface area contributed by atoms with Crippen LogP contribution in [0.15, 0.2) is 12.1 Å². The summed E-state index contributed by atoms with van der Waals surface area (Å²) in [4.78, 5) is 14.9. The first-order valence-corrected chi connectivity index (χ1v) is 6.92. The fraction of sp³-hybridized carbons (Fsp3) is 0.615. The van der Waals surface area contributed by atoms with Crippen molar-refractivity contribution in [2.45, 2.75) is 32.2 Å². The Morgan fingerprint density at radius 2 is 2.30 bits per heavy atom. The Labute approximate surface area is 117 Å². The lowest BCUT2D eigenvalue weighted by molar-refractivity contribution is -0.384. The third-order valence-corrected chi connectivity index (χ3v) is 3.64. The van der Waals surface area contributed by atoms with Crippen molar-refractivity contribution < 1.29 is 10.0 Å². The van der Waals surface area contributed by atoms with Gasteiger partial charge in [0.25, 0.3) is 0 Å². The highest BCUT2D eigenvalue weighted by molar-refractivity contribution is 5.60. The number of pyridine rings is 1. The summed E-state index contributed by atoms with van der Waals surface area (Å²) < 4.78 is 0. The van der Waals surface area contributed by atoms with Crippen LogP contribution >= 0.6 is 0 Å². The van der Waals surface area contributed by atoms with Crippen LogP contribution in [-0.4, -0.2) is 34.2 Å². The predicted octanol–water partition coefficient (Wildman–Crippen LogP) is 1.99. The summed E-state index contributed by atoms with van der Waals surface area (Å²) in [6.07, 6.45) is 2.86. The van der Waals surface area contributed by atoms with E-state index in [1.54, 1.807) is 6.07 Å². The van der Waals surface area contributed by atoms with Gasteiger partial charge in [0.1, 0.15) is 5.82 Å². The third-order valence-electron chi connectivity index (χ3n) is 3.64. The minimum absolute atomic E-state index is 0.0322. The van der Waals surface area contributed by atoms with Gasteiger partial charge < -0.3 is 15.7 Å². The van der Waals surface area contributed by atoms with Gasteiger partial charge in [-0.3, -0.25) is 10.1 Å². The first-order chi connectivity index (χ1) is 9.65. The van der Waals surface area contributed by atoms with Crippen molar-refractivity contribution in [1.29, 1.82) is 0 Å². The van der Waals surface area contributed by atoms with Crippen LogP contribution in [0.1, 0.15) is 26.2 Å². The standard InChI is InChI=1S/C13H20N4O3/c1-2-14-12-7-6-11(17(19)20)13(16-12)15-10-5-3-4-9(10)8-18/h6-7,9-10,18H,2-5,8H2,1H3,(H2,14,15,16). The lowest BCUT2D eigenvalue weighted by atomic mass is 10.1. The molecule has 0 bridgehead atoms. The van der Waals surface area contributed by atoms with Crippen LogP contribution in [0.2, 0.25) is 0 Å². The lowest BCUT2D eigenvalue weighted by Crippen LogP contribution is -2.27. The second-order valence-corrected chi connectivity index (χ2v) is 4.98. The van der Waals surface area contributed by atoms with Crippen LogP contribution in [0.3, 0.4) is 0 Å². The van der Waals surface area contributed by atoms with E-state index in [0.717, 1.165) is 19.3 Å². The average Bonchev–Trinajstić information content (AvgIpc) is 2.86. The lowest BCUT2D eigenvalue weighted by Gasteiger charge is -2.19. The number of hydrogen-bond acceptors (Lipinski definition) is 6. The molecule has 1 aliphatic carbocycles. The van der Waals surface area contributed by atoms with Crippen molar-refractivity contribution in [3.05, 3.63) is 22.2 Å². The second-order valence-electron chi connectivity index (χ2n) is 4.98. The van der Waals surface area contributed by atoms with Crippen molar-refractivity contribution >= 4 is 17.3 Å². The molecule has 2 atom stereocenters. The second kappa shape index (κ2) is 6.51. The van der Waals surface area contributed by atoms with E-state index in [9.17, 15) is 15.2 Å². The number of aromatic nitrogens is 1. The molecule has 7 heteroatoms. The quantitative estimate of drug-likeness (QED) is 0.544. The Hall–Kier alpha value is -1.89. The first-order valence-electron chi connectivity index (χ1n) is 6.92. The average molecular weight is 280 g/mol. The maximum atomic E-state index is 11.1. The predicted molar refractivity (Wildman–Crippen MR) is 76.9 cm³/mol. The summed E-state index contributed by atoms with van der Waals surface area (Å²) in [6, 6.07) is 3.10.